The van der Waals surface area contributed by atoms with E-state index in [9.17, 15) is 9.59 Å². The molecule has 2 aromatic rings. The molecular formula is C21H21N3O2. The highest BCUT2D eigenvalue weighted by atomic mass is 16.2. The summed E-state index contributed by atoms with van der Waals surface area (Å²) in [6.07, 6.45) is 2.86. The number of hydrogen-bond donors (Lipinski definition) is 1. The van der Waals surface area contributed by atoms with Gasteiger partial charge in [0.05, 0.1) is 0 Å². The van der Waals surface area contributed by atoms with Gasteiger partial charge in [0.2, 0.25) is 6.41 Å². The van der Waals surface area contributed by atoms with E-state index in [0.29, 0.717) is 5.57 Å². The third kappa shape index (κ3) is 2.96. The number of nitrogens with one attached hydrogen (secondary N) is 1. The fourth-order valence-corrected chi connectivity index (χ4v) is 3.60. The Hall–Kier alpha value is -3.08. The van der Waals surface area contributed by atoms with Crippen molar-refractivity contribution in [3.05, 3.63) is 59.2 Å². The van der Waals surface area contributed by atoms with Gasteiger partial charge in [-0.1, -0.05) is 24.3 Å². The van der Waals surface area contributed by atoms with Crippen LogP contribution in [0.5, 0.6) is 0 Å². The van der Waals surface area contributed by atoms with Crippen LogP contribution in [-0.2, 0) is 9.59 Å². The molecule has 2 amide bonds. The first-order valence-electron chi connectivity index (χ1n) is 8.83. The summed E-state index contributed by atoms with van der Waals surface area (Å²) in [7, 11) is 0. The van der Waals surface area contributed by atoms with Gasteiger partial charge in [0, 0.05) is 48.7 Å². The third-order valence-corrected chi connectivity index (χ3v) is 5.07. The van der Waals surface area contributed by atoms with Crippen molar-refractivity contribution in [1.29, 1.82) is 0 Å². The van der Waals surface area contributed by atoms with Gasteiger partial charge in [-0.25, -0.2) is 0 Å². The van der Waals surface area contributed by atoms with Gasteiger partial charge in [0.15, 0.2) is 0 Å². The lowest BCUT2D eigenvalue weighted by atomic mass is 9.99. The van der Waals surface area contributed by atoms with Crippen molar-refractivity contribution in [2.24, 2.45) is 0 Å². The Morgan fingerprint density at radius 1 is 1.00 bits per heavy atom. The van der Waals surface area contributed by atoms with E-state index >= 15 is 0 Å². The van der Waals surface area contributed by atoms with Crippen LogP contribution in [-0.4, -0.2) is 43.4 Å². The summed E-state index contributed by atoms with van der Waals surface area (Å²) in [6, 6.07) is 14.1. The maximum absolute atomic E-state index is 12.3. The predicted octanol–water partition coefficient (Wildman–Crippen LogP) is 2.77. The van der Waals surface area contributed by atoms with Crippen LogP contribution in [0.2, 0.25) is 0 Å². The Morgan fingerprint density at radius 2 is 1.73 bits per heavy atom. The number of carbonyl (C=O) groups excluding carboxylic acids is 2. The number of aryl methyl sites for hydroxylation is 1. The lowest BCUT2D eigenvalue weighted by Gasteiger charge is -2.34. The Labute approximate surface area is 152 Å². The highest BCUT2D eigenvalue weighted by molar-refractivity contribution is 6.35. The molecule has 1 N–H and O–H groups in total. The van der Waals surface area contributed by atoms with E-state index < -0.39 is 0 Å². The molecule has 132 valence electrons. The zero-order valence-electron chi connectivity index (χ0n) is 14.7. The van der Waals surface area contributed by atoms with Crippen molar-refractivity contribution in [3.8, 4) is 0 Å². The monoisotopic (exact) mass is 347 g/mol. The molecule has 2 aliphatic heterocycles. The van der Waals surface area contributed by atoms with E-state index in [1.54, 1.807) is 4.90 Å². The summed E-state index contributed by atoms with van der Waals surface area (Å²) in [5.41, 5.74) is 5.83. The molecule has 26 heavy (non-hydrogen) atoms. The topological polar surface area (TPSA) is 52.7 Å². The van der Waals surface area contributed by atoms with Crippen molar-refractivity contribution < 1.29 is 9.59 Å². The van der Waals surface area contributed by atoms with Crippen LogP contribution in [0.4, 0.5) is 11.4 Å². The minimum Gasteiger partial charge on any atom is -0.368 e. The van der Waals surface area contributed by atoms with Crippen LogP contribution in [0, 0.1) is 6.92 Å². The van der Waals surface area contributed by atoms with E-state index in [0.717, 1.165) is 60.7 Å². The predicted molar refractivity (Wildman–Crippen MR) is 104 cm³/mol. The van der Waals surface area contributed by atoms with Crippen LogP contribution in [0.1, 0.15) is 16.7 Å². The Bertz CT molecular complexity index is 879. The number of carbonyl (C=O) groups is 2. The molecule has 5 nitrogen and oxygen atoms in total. The van der Waals surface area contributed by atoms with Crippen LogP contribution >= 0.6 is 0 Å². The van der Waals surface area contributed by atoms with Crippen molar-refractivity contribution in [2.45, 2.75) is 6.92 Å². The standard InChI is InChI=1S/C21H21N3O2/c1-15-3-2-4-19-20(15)18(21(26)22-19)13-16-5-7-17(8-6-16)24-11-9-23(14-25)10-12-24/h2-8,13-14H,9-12H2,1H3,(H,22,26)/b18-13-. The van der Waals surface area contributed by atoms with Crippen LogP contribution in [0.25, 0.3) is 11.6 Å². The molecule has 0 aromatic heterocycles. The molecule has 0 radical (unpaired) electrons. The van der Waals surface area contributed by atoms with Gasteiger partial charge in [-0.05, 0) is 42.3 Å². The quantitative estimate of drug-likeness (QED) is 0.686. The number of nitrogens with zero attached hydrogens (tertiary/aromatic N) is 2. The summed E-state index contributed by atoms with van der Waals surface area (Å²) >= 11 is 0. The van der Waals surface area contributed by atoms with Gasteiger partial charge in [-0.3, -0.25) is 9.59 Å². The maximum atomic E-state index is 12.3. The first-order chi connectivity index (χ1) is 12.7. The third-order valence-electron chi connectivity index (χ3n) is 5.07. The maximum Gasteiger partial charge on any atom is 0.256 e. The van der Waals surface area contributed by atoms with Gasteiger partial charge in [0.1, 0.15) is 0 Å². The highest BCUT2D eigenvalue weighted by Gasteiger charge is 2.25. The summed E-state index contributed by atoms with van der Waals surface area (Å²) in [5.74, 6) is -0.0524. The van der Waals surface area contributed by atoms with Gasteiger partial charge >= 0.3 is 0 Å². The summed E-state index contributed by atoms with van der Waals surface area (Å²) in [5, 5.41) is 2.93. The number of fused-ring (bicyclic) bond motifs is 1. The smallest absolute Gasteiger partial charge is 0.256 e. The molecular weight excluding hydrogens is 326 g/mol. The van der Waals surface area contributed by atoms with Crippen LogP contribution in [0.15, 0.2) is 42.5 Å². The van der Waals surface area contributed by atoms with E-state index in [1.807, 2.05) is 43.3 Å². The van der Waals surface area contributed by atoms with E-state index in [-0.39, 0.29) is 5.91 Å². The van der Waals surface area contributed by atoms with Crippen molar-refractivity contribution >= 4 is 35.3 Å². The average molecular weight is 347 g/mol. The number of hydrogen-bond acceptors (Lipinski definition) is 3. The van der Waals surface area contributed by atoms with Crippen LogP contribution in [0.3, 0.4) is 0 Å². The molecule has 0 aliphatic carbocycles. The van der Waals surface area contributed by atoms with Crippen molar-refractivity contribution in [3.63, 3.8) is 0 Å². The number of amides is 2. The molecule has 0 saturated carbocycles. The second-order valence-electron chi connectivity index (χ2n) is 6.73. The molecule has 1 saturated heterocycles. The van der Waals surface area contributed by atoms with Gasteiger partial charge < -0.3 is 15.1 Å². The molecule has 0 unspecified atom stereocenters. The van der Waals surface area contributed by atoms with Crippen molar-refractivity contribution in [1.82, 2.24) is 4.90 Å². The van der Waals surface area contributed by atoms with Crippen molar-refractivity contribution in [2.75, 3.05) is 36.4 Å². The summed E-state index contributed by atoms with van der Waals surface area (Å²) in [6.45, 7) is 5.22. The highest BCUT2D eigenvalue weighted by Crippen LogP contribution is 2.35. The van der Waals surface area contributed by atoms with Gasteiger partial charge in [-0.15, -0.1) is 0 Å². The van der Waals surface area contributed by atoms with Crippen LogP contribution < -0.4 is 10.2 Å². The number of rotatable bonds is 3. The molecule has 5 heteroatoms. The Balaban J connectivity index is 1.56. The molecule has 4 rings (SSSR count). The second-order valence-corrected chi connectivity index (χ2v) is 6.73. The Kier molecular flexibility index (Phi) is 4.21. The first kappa shape index (κ1) is 16.4. The zero-order chi connectivity index (χ0) is 18.1. The average Bonchev–Trinajstić information content (AvgIpc) is 2.99. The SMILES string of the molecule is Cc1cccc2c1/C(=C/c1ccc(N3CCN(C=O)CC3)cc1)C(=O)N2. The van der Waals surface area contributed by atoms with Gasteiger partial charge in [-0.2, -0.15) is 0 Å². The summed E-state index contributed by atoms with van der Waals surface area (Å²) < 4.78 is 0. The normalized spacial score (nSPS) is 18.0. The molecule has 1 fully saturated rings. The second kappa shape index (κ2) is 6.67. The molecule has 0 atom stereocenters. The molecule has 0 bridgehead atoms. The molecule has 2 heterocycles. The lowest BCUT2D eigenvalue weighted by Crippen LogP contribution is -2.45. The minimum atomic E-state index is -0.0524. The van der Waals surface area contributed by atoms with Gasteiger partial charge in [0.25, 0.3) is 5.91 Å². The number of benzene rings is 2. The first-order valence-corrected chi connectivity index (χ1v) is 8.83. The summed E-state index contributed by atoms with van der Waals surface area (Å²) in [4.78, 5) is 27.2. The zero-order valence-corrected chi connectivity index (χ0v) is 14.7. The fourth-order valence-electron chi connectivity index (χ4n) is 3.60. The number of piperazine rings is 1. The lowest BCUT2D eigenvalue weighted by molar-refractivity contribution is -0.118. The number of anilines is 2. The molecule has 0 spiro atoms. The van der Waals surface area contributed by atoms with E-state index in [1.165, 1.54) is 0 Å². The van der Waals surface area contributed by atoms with E-state index in [4.69, 9.17) is 0 Å². The largest absolute Gasteiger partial charge is 0.368 e. The Morgan fingerprint density at radius 3 is 2.42 bits per heavy atom. The fraction of sp³-hybridized carbons (Fsp3) is 0.238. The van der Waals surface area contributed by atoms with E-state index in [2.05, 4.69) is 22.3 Å². The molecule has 2 aromatic carbocycles. The minimum absolute atomic E-state index is 0.0524. The molecule has 2 aliphatic rings.